The third-order valence-corrected chi connectivity index (χ3v) is 7.68. The molecule has 0 radical (unpaired) electrons. The number of hydrogen-bond acceptors (Lipinski definition) is 3. The molecule has 1 rings (SSSR count). The van der Waals surface area contributed by atoms with Crippen LogP contribution in [0.15, 0.2) is 12.1 Å². The molecule has 4 nitrogen and oxygen atoms in total. The molecule has 0 aromatic heterocycles. The van der Waals surface area contributed by atoms with E-state index < -0.39 is 13.9 Å². The molecule has 0 saturated carbocycles. The van der Waals surface area contributed by atoms with E-state index in [0.29, 0.717) is 17.1 Å². The van der Waals surface area contributed by atoms with Crippen LogP contribution in [-0.4, -0.2) is 35.6 Å². The maximum atomic E-state index is 11.7. The van der Waals surface area contributed by atoms with E-state index in [4.69, 9.17) is 9.47 Å². The van der Waals surface area contributed by atoms with Crippen molar-refractivity contribution in [3.8, 4) is 11.5 Å². The Kier molecular flexibility index (Phi) is 6.09. The molecule has 0 aliphatic carbocycles. The molecule has 23 heavy (non-hydrogen) atoms. The SMILES string of the molecule is COc1cc(CP(C(C)(C)C)C(C)(C)C)c(C(=O)O)cc1OC. The highest BCUT2D eigenvalue weighted by atomic mass is 31.1. The first-order chi connectivity index (χ1) is 10.4. The van der Waals surface area contributed by atoms with E-state index in [1.54, 1.807) is 13.2 Å². The molecule has 0 saturated heterocycles. The highest BCUT2D eigenvalue weighted by molar-refractivity contribution is 7.60. The summed E-state index contributed by atoms with van der Waals surface area (Å²) in [5, 5.41) is 9.82. The average molecular weight is 340 g/mol. The van der Waals surface area contributed by atoms with Crippen molar-refractivity contribution in [2.75, 3.05) is 14.2 Å². The predicted octanol–water partition coefficient (Wildman–Crippen LogP) is 4.98. The lowest BCUT2D eigenvalue weighted by Gasteiger charge is -2.42. The molecule has 0 amide bonds. The lowest BCUT2D eigenvalue weighted by molar-refractivity contribution is 0.0695. The monoisotopic (exact) mass is 340 g/mol. The molecule has 0 aliphatic rings. The van der Waals surface area contributed by atoms with E-state index in [9.17, 15) is 9.90 Å². The first-order valence-corrected chi connectivity index (χ1v) is 9.20. The molecule has 0 spiro atoms. The summed E-state index contributed by atoms with van der Waals surface area (Å²) in [6.45, 7) is 13.4. The predicted molar refractivity (Wildman–Crippen MR) is 96.6 cm³/mol. The summed E-state index contributed by atoms with van der Waals surface area (Å²) in [4.78, 5) is 11.7. The topological polar surface area (TPSA) is 55.8 Å². The molecule has 1 aromatic rings. The lowest BCUT2D eigenvalue weighted by atomic mass is 10.1. The number of ether oxygens (including phenoxy) is 2. The zero-order valence-corrected chi connectivity index (χ0v) is 16.4. The summed E-state index contributed by atoms with van der Waals surface area (Å²) in [6, 6.07) is 3.38. The minimum atomic E-state index is -0.932. The van der Waals surface area contributed by atoms with Crippen molar-refractivity contribution in [3.05, 3.63) is 23.3 Å². The fourth-order valence-corrected chi connectivity index (χ4v) is 6.47. The van der Waals surface area contributed by atoms with Crippen molar-refractivity contribution in [2.45, 2.75) is 58.0 Å². The fraction of sp³-hybridized carbons (Fsp3) is 0.611. The van der Waals surface area contributed by atoms with Crippen LogP contribution in [0.3, 0.4) is 0 Å². The van der Waals surface area contributed by atoms with Crippen LogP contribution in [0, 0.1) is 0 Å². The van der Waals surface area contributed by atoms with Gasteiger partial charge in [0, 0.05) is 0 Å². The molecular formula is C18H29O4P. The van der Waals surface area contributed by atoms with E-state index in [0.717, 1.165) is 11.7 Å². The van der Waals surface area contributed by atoms with Crippen molar-refractivity contribution in [3.63, 3.8) is 0 Å². The first kappa shape index (κ1) is 19.8. The second-order valence-electron chi connectivity index (χ2n) is 7.60. The number of carbonyl (C=O) groups is 1. The maximum Gasteiger partial charge on any atom is 0.336 e. The summed E-state index contributed by atoms with van der Waals surface area (Å²) in [6.07, 6.45) is 0.740. The van der Waals surface area contributed by atoms with Crippen LogP contribution in [-0.2, 0) is 6.16 Å². The van der Waals surface area contributed by atoms with Crippen LogP contribution in [0.4, 0.5) is 0 Å². The molecule has 1 aromatic carbocycles. The van der Waals surface area contributed by atoms with Crippen molar-refractivity contribution >= 4 is 13.9 Å². The van der Waals surface area contributed by atoms with Gasteiger partial charge in [-0.3, -0.25) is 0 Å². The van der Waals surface area contributed by atoms with Crippen LogP contribution in [0.1, 0.15) is 57.5 Å². The molecule has 0 bridgehead atoms. The highest BCUT2D eigenvalue weighted by Crippen LogP contribution is 2.61. The second-order valence-corrected chi connectivity index (χ2v) is 11.5. The van der Waals surface area contributed by atoms with Gasteiger partial charge in [-0.15, -0.1) is 0 Å². The van der Waals surface area contributed by atoms with Gasteiger partial charge in [-0.05, 0) is 34.2 Å². The quantitative estimate of drug-likeness (QED) is 0.768. The highest BCUT2D eigenvalue weighted by Gasteiger charge is 2.35. The van der Waals surface area contributed by atoms with Gasteiger partial charge < -0.3 is 14.6 Å². The lowest BCUT2D eigenvalue weighted by Crippen LogP contribution is -2.26. The van der Waals surface area contributed by atoms with Crippen molar-refractivity contribution in [1.29, 1.82) is 0 Å². The van der Waals surface area contributed by atoms with E-state index in [1.165, 1.54) is 7.11 Å². The summed E-state index contributed by atoms with van der Waals surface area (Å²) in [5.41, 5.74) is 1.11. The number of aromatic carboxylic acids is 1. The number of carboxylic acid groups (broad SMARTS) is 1. The maximum absolute atomic E-state index is 11.7. The summed E-state index contributed by atoms with van der Waals surface area (Å²) in [5.74, 6) is 0.0912. The van der Waals surface area contributed by atoms with Crippen molar-refractivity contribution < 1.29 is 19.4 Å². The van der Waals surface area contributed by atoms with E-state index in [2.05, 4.69) is 41.5 Å². The Morgan fingerprint density at radius 1 is 1.00 bits per heavy atom. The van der Waals surface area contributed by atoms with Gasteiger partial charge in [0.2, 0.25) is 0 Å². The minimum absolute atomic E-state index is 0.122. The van der Waals surface area contributed by atoms with Gasteiger partial charge in [-0.25, -0.2) is 4.79 Å². The fourth-order valence-electron chi connectivity index (χ4n) is 2.90. The molecule has 1 N–H and O–H groups in total. The van der Waals surface area contributed by atoms with Crippen LogP contribution >= 0.6 is 7.92 Å². The number of methoxy groups -OCH3 is 2. The first-order valence-electron chi connectivity index (χ1n) is 7.67. The Hall–Kier alpha value is -1.28. The normalized spacial score (nSPS) is 12.4. The van der Waals surface area contributed by atoms with Crippen molar-refractivity contribution in [1.82, 2.24) is 0 Å². The summed E-state index contributed by atoms with van der Waals surface area (Å²) >= 11 is 0. The van der Waals surface area contributed by atoms with E-state index in [-0.39, 0.29) is 10.3 Å². The Morgan fingerprint density at radius 2 is 1.43 bits per heavy atom. The van der Waals surface area contributed by atoms with Crippen molar-refractivity contribution in [2.24, 2.45) is 0 Å². The second kappa shape index (κ2) is 7.09. The summed E-state index contributed by atoms with van der Waals surface area (Å²) in [7, 11) is 2.63. The number of rotatable bonds is 5. The standard InChI is InChI=1S/C18H29O4P/c1-17(2,3)23(18(4,5)6)11-12-9-14(21-7)15(22-8)10-13(12)16(19)20/h9-10H,11H2,1-8H3,(H,19,20). The van der Waals surface area contributed by atoms with E-state index in [1.807, 2.05) is 6.07 Å². The Bertz CT molecular complexity index is 554. The smallest absolute Gasteiger partial charge is 0.336 e. The molecule has 0 fully saturated rings. The van der Waals surface area contributed by atoms with Gasteiger partial charge in [0.05, 0.1) is 19.8 Å². The summed E-state index contributed by atoms with van der Waals surface area (Å²) < 4.78 is 10.6. The van der Waals surface area contributed by atoms with Crippen LogP contribution < -0.4 is 9.47 Å². The van der Waals surface area contributed by atoms with Gasteiger partial charge >= 0.3 is 5.97 Å². The van der Waals surface area contributed by atoms with E-state index >= 15 is 0 Å². The van der Waals surface area contributed by atoms with Gasteiger partial charge in [0.25, 0.3) is 0 Å². The Labute approximate surface area is 140 Å². The average Bonchev–Trinajstić information content (AvgIpc) is 2.40. The van der Waals surface area contributed by atoms with Gasteiger partial charge in [0.15, 0.2) is 11.5 Å². The molecular weight excluding hydrogens is 311 g/mol. The molecule has 0 heterocycles. The third-order valence-electron chi connectivity index (χ3n) is 3.79. The van der Waals surface area contributed by atoms with Crippen LogP contribution in [0.25, 0.3) is 0 Å². The van der Waals surface area contributed by atoms with Crippen LogP contribution in [0.5, 0.6) is 11.5 Å². The Morgan fingerprint density at radius 3 is 1.78 bits per heavy atom. The number of hydrogen-bond donors (Lipinski definition) is 1. The van der Waals surface area contributed by atoms with Gasteiger partial charge in [-0.2, -0.15) is 0 Å². The molecule has 0 atom stereocenters. The van der Waals surface area contributed by atoms with Crippen LogP contribution in [0.2, 0.25) is 0 Å². The largest absolute Gasteiger partial charge is 0.493 e. The number of carboxylic acids is 1. The third kappa shape index (κ3) is 4.84. The zero-order valence-electron chi connectivity index (χ0n) is 15.5. The van der Waals surface area contributed by atoms with Gasteiger partial charge in [0.1, 0.15) is 0 Å². The molecule has 130 valence electrons. The number of benzene rings is 1. The minimum Gasteiger partial charge on any atom is -0.493 e. The molecule has 0 aliphatic heterocycles. The Balaban J connectivity index is 3.42. The molecule has 5 heteroatoms. The molecule has 0 unspecified atom stereocenters. The van der Waals surface area contributed by atoms with Gasteiger partial charge in [-0.1, -0.05) is 49.5 Å². The zero-order chi connectivity index (χ0) is 18.0.